The lowest BCUT2D eigenvalue weighted by Crippen LogP contribution is -2.66. The minimum absolute atomic E-state index is 0.118. The first-order chi connectivity index (χ1) is 11.7. The smallest absolute Gasteiger partial charge is 0.320 e. The number of carbonyl (C=O) groups is 3. The van der Waals surface area contributed by atoms with E-state index in [0.29, 0.717) is 24.8 Å². The molecule has 0 amide bonds. The van der Waals surface area contributed by atoms with Crippen molar-refractivity contribution in [1.29, 1.82) is 0 Å². The molecule has 3 unspecified atom stereocenters. The van der Waals surface area contributed by atoms with Crippen molar-refractivity contribution in [2.45, 2.75) is 52.1 Å². The van der Waals surface area contributed by atoms with Crippen LogP contribution in [0.25, 0.3) is 0 Å². The molecule has 3 aliphatic carbocycles. The highest BCUT2D eigenvalue weighted by Gasteiger charge is 2.74. The summed E-state index contributed by atoms with van der Waals surface area (Å²) in [5.74, 6) is -1.86. The Labute approximate surface area is 147 Å². The molecule has 2 bridgehead atoms. The van der Waals surface area contributed by atoms with Crippen LogP contribution < -0.4 is 0 Å². The molecule has 25 heavy (non-hydrogen) atoms. The van der Waals surface area contributed by atoms with Gasteiger partial charge in [-0.1, -0.05) is 26.8 Å². The second-order valence-corrected chi connectivity index (χ2v) is 9.27. The van der Waals surface area contributed by atoms with E-state index in [1.807, 2.05) is 0 Å². The lowest BCUT2D eigenvalue weighted by atomic mass is 9.44. The summed E-state index contributed by atoms with van der Waals surface area (Å²) in [6, 6.07) is 0. The first kappa shape index (κ1) is 17.0. The predicted molar refractivity (Wildman–Crippen MR) is 89.4 cm³/mol. The van der Waals surface area contributed by atoms with Gasteiger partial charge in [0.15, 0.2) is 5.78 Å². The summed E-state index contributed by atoms with van der Waals surface area (Å²) in [7, 11) is 0. The van der Waals surface area contributed by atoms with Crippen LogP contribution in [0, 0.1) is 34.0 Å². The van der Waals surface area contributed by atoms with Gasteiger partial charge in [0, 0.05) is 17.3 Å². The molecular formula is C20H26O5. The first-order valence-electron chi connectivity index (χ1n) is 9.25. The lowest BCUT2D eigenvalue weighted by Gasteiger charge is -2.60. The fourth-order valence-electron chi connectivity index (χ4n) is 6.71. The average molecular weight is 346 g/mol. The van der Waals surface area contributed by atoms with E-state index in [-0.39, 0.29) is 29.6 Å². The minimum Gasteiger partial charge on any atom is -0.464 e. The molecule has 0 aromatic heterocycles. The van der Waals surface area contributed by atoms with Gasteiger partial charge in [-0.05, 0) is 42.6 Å². The molecule has 0 aromatic rings. The Bertz CT molecular complexity index is 680. The monoisotopic (exact) mass is 346 g/mol. The van der Waals surface area contributed by atoms with Crippen molar-refractivity contribution < 1.29 is 24.2 Å². The van der Waals surface area contributed by atoms with Crippen LogP contribution in [0.4, 0.5) is 0 Å². The molecule has 1 heterocycles. The molecule has 1 N–H and O–H groups in total. The molecule has 2 spiro atoms. The Hall–Kier alpha value is -1.49. The van der Waals surface area contributed by atoms with Gasteiger partial charge in [-0.25, -0.2) is 0 Å². The number of aliphatic hydroxyl groups excluding tert-OH is 1. The number of hydrogen-bond acceptors (Lipinski definition) is 5. The number of fused-ring (bicyclic) bond motifs is 2. The number of hydrogen-bond donors (Lipinski definition) is 1. The third-order valence-corrected chi connectivity index (χ3v) is 7.72. The Balaban J connectivity index is 1.92. The number of cyclic esters (lactones) is 1. The van der Waals surface area contributed by atoms with Crippen molar-refractivity contribution in [2.75, 3.05) is 6.61 Å². The highest BCUT2D eigenvalue weighted by atomic mass is 16.5. The van der Waals surface area contributed by atoms with Gasteiger partial charge >= 0.3 is 5.97 Å². The Morgan fingerprint density at radius 2 is 2.00 bits per heavy atom. The van der Waals surface area contributed by atoms with Gasteiger partial charge in [-0.3, -0.25) is 9.59 Å². The zero-order valence-corrected chi connectivity index (χ0v) is 14.9. The Kier molecular flexibility index (Phi) is 3.41. The maximum Gasteiger partial charge on any atom is 0.320 e. The highest BCUT2D eigenvalue weighted by molar-refractivity contribution is 6.15. The van der Waals surface area contributed by atoms with Crippen LogP contribution in [0.2, 0.25) is 0 Å². The number of allylic oxidation sites excluding steroid dienone is 1. The highest BCUT2D eigenvalue weighted by Crippen LogP contribution is 2.67. The summed E-state index contributed by atoms with van der Waals surface area (Å²) < 4.78 is 5.58. The third-order valence-electron chi connectivity index (χ3n) is 7.72. The maximum atomic E-state index is 13.1. The summed E-state index contributed by atoms with van der Waals surface area (Å²) in [6.07, 6.45) is 3.50. The van der Waals surface area contributed by atoms with Crippen LogP contribution in [0.5, 0.6) is 0 Å². The van der Waals surface area contributed by atoms with E-state index in [1.54, 1.807) is 0 Å². The minimum atomic E-state index is -1.34. The quantitative estimate of drug-likeness (QED) is 0.340. The van der Waals surface area contributed by atoms with E-state index in [2.05, 4.69) is 20.4 Å². The number of ether oxygens (including phenoxy) is 1. The van der Waals surface area contributed by atoms with Gasteiger partial charge in [-0.2, -0.15) is 0 Å². The summed E-state index contributed by atoms with van der Waals surface area (Å²) in [5, 5.41) is 11.0. The molecule has 1 saturated heterocycles. The largest absolute Gasteiger partial charge is 0.464 e. The molecule has 1 aliphatic heterocycles. The van der Waals surface area contributed by atoms with Gasteiger partial charge in [0.25, 0.3) is 0 Å². The number of Topliss-reactive ketones (excluding diaryl/α,β-unsaturated/α-hetero) is 1. The van der Waals surface area contributed by atoms with Crippen LogP contribution in [0.15, 0.2) is 12.2 Å². The second-order valence-electron chi connectivity index (χ2n) is 9.27. The van der Waals surface area contributed by atoms with Crippen LogP contribution >= 0.6 is 0 Å². The summed E-state index contributed by atoms with van der Waals surface area (Å²) >= 11 is 0. The average Bonchev–Trinajstić information content (AvgIpc) is 2.73. The van der Waals surface area contributed by atoms with Gasteiger partial charge in [0.1, 0.15) is 11.7 Å². The van der Waals surface area contributed by atoms with Crippen molar-refractivity contribution in [1.82, 2.24) is 0 Å². The molecule has 5 heteroatoms. The van der Waals surface area contributed by atoms with E-state index in [1.165, 1.54) is 0 Å². The third kappa shape index (κ3) is 1.85. The maximum absolute atomic E-state index is 13.1. The molecule has 136 valence electrons. The van der Waals surface area contributed by atoms with Gasteiger partial charge in [-0.15, -0.1) is 0 Å². The SMILES string of the molecule is C=C1C(=O)[C@]23CC1CC(O)[C@H]2[C@@]1(CCCC(C)(C)C1C=O)COC3=O. The van der Waals surface area contributed by atoms with Crippen LogP contribution in [-0.2, 0) is 19.1 Å². The van der Waals surface area contributed by atoms with Crippen molar-refractivity contribution in [3.8, 4) is 0 Å². The molecule has 4 rings (SSSR count). The van der Waals surface area contributed by atoms with Gasteiger partial charge in [0.2, 0.25) is 0 Å². The molecule has 6 atom stereocenters. The summed E-state index contributed by atoms with van der Waals surface area (Å²) in [5.41, 5.74) is -1.82. The van der Waals surface area contributed by atoms with E-state index >= 15 is 0 Å². The normalized spacial score (nSPS) is 48.2. The van der Waals surface area contributed by atoms with Crippen molar-refractivity contribution >= 4 is 18.0 Å². The fraction of sp³-hybridized carbons (Fsp3) is 0.750. The number of ketones is 1. The number of esters is 1. The fourth-order valence-corrected chi connectivity index (χ4v) is 6.71. The summed E-state index contributed by atoms with van der Waals surface area (Å²) in [6.45, 7) is 8.13. The standard InChI is InChI=1S/C20H26O5/c1-11-12-7-13(22)15-19(6-4-5-18(2,3)14(19)9-21)10-25-17(24)20(15,8-12)16(11)23/h9,12-15,22H,1,4-8,10H2,2-3H3/t12?,13?,14?,15-,19-,20-/m0/s1. The zero-order chi connectivity index (χ0) is 18.2. The van der Waals surface area contributed by atoms with E-state index in [4.69, 9.17) is 4.74 Å². The summed E-state index contributed by atoms with van der Waals surface area (Å²) in [4.78, 5) is 38.0. The Morgan fingerprint density at radius 1 is 1.28 bits per heavy atom. The Morgan fingerprint density at radius 3 is 2.68 bits per heavy atom. The number of aliphatic hydroxyl groups is 1. The molecule has 0 aromatic carbocycles. The van der Waals surface area contributed by atoms with Crippen molar-refractivity contribution in [3.05, 3.63) is 12.2 Å². The number of aldehydes is 1. The first-order valence-corrected chi connectivity index (χ1v) is 9.25. The van der Waals surface area contributed by atoms with E-state index in [0.717, 1.165) is 19.1 Å². The van der Waals surface area contributed by atoms with Crippen molar-refractivity contribution in [3.63, 3.8) is 0 Å². The lowest BCUT2D eigenvalue weighted by molar-refractivity contribution is -0.225. The second kappa shape index (κ2) is 5.03. The molecule has 4 fully saturated rings. The van der Waals surface area contributed by atoms with Crippen LogP contribution in [0.1, 0.15) is 46.0 Å². The molecule has 3 saturated carbocycles. The predicted octanol–water partition coefficient (Wildman–Crippen LogP) is 2.07. The topological polar surface area (TPSA) is 80.7 Å². The molecule has 4 aliphatic rings. The molecular weight excluding hydrogens is 320 g/mol. The molecule has 0 radical (unpaired) electrons. The van der Waals surface area contributed by atoms with Crippen LogP contribution in [-0.4, -0.2) is 35.9 Å². The van der Waals surface area contributed by atoms with Crippen molar-refractivity contribution in [2.24, 2.45) is 34.0 Å². The van der Waals surface area contributed by atoms with E-state index in [9.17, 15) is 19.5 Å². The zero-order valence-electron chi connectivity index (χ0n) is 14.9. The number of rotatable bonds is 1. The number of carbonyl (C=O) groups excluding carboxylic acids is 3. The molecule has 5 nitrogen and oxygen atoms in total. The van der Waals surface area contributed by atoms with Gasteiger partial charge < -0.3 is 14.6 Å². The van der Waals surface area contributed by atoms with Gasteiger partial charge in [0.05, 0.1) is 12.7 Å². The van der Waals surface area contributed by atoms with Crippen LogP contribution in [0.3, 0.4) is 0 Å². The van der Waals surface area contributed by atoms with E-state index < -0.39 is 28.8 Å².